The maximum Gasteiger partial charge on any atom is 0.211 e. The lowest BCUT2D eigenvalue weighted by Gasteiger charge is -2.07. The van der Waals surface area contributed by atoms with Crippen LogP contribution in [0.5, 0.6) is 5.75 Å². The minimum absolute atomic E-state index is 0.0120. The average molecular weight is 347 g/mol. The summed E-state index contributed by atoms with van der Waals surface area (Å²) in [7, 11) is -4.03. The molecule has 1 heterocycles. The fourth-order valence-electron chi connectivity index (χ4n) is 2.38. The van der Waals surface area contributed by atoms with E-state index < -0.39 is 26.0 Å². The van der Waals surface area contributed by atoms with E-state index in [4.69, 9.17) is 4.74 Å². The molecule has 5 nitrogen and oxygen atoms in total. The second-order valence-electron chi connectivity index (χ2n) is 5.08. The summed E-state index contributed by atoms with van der Waals surface area (Å²) < 4.78 is 44.0. The number of nitrogens with one attached hydrogen (secondary N) is 1. The van der Waals surface area contributed by atoms with Crippen LogP contribution in [0.1, 0.15) is 6.92 Å². The standard InChI is InChI=1S/C17H14FNO4S/c1-2-23-12-4-6-13(7-5-12)24(21,22)16-10-19-15-8-3-11(18)9-14(15)17(16)20/h3-10H,2H2,1H3,(H,19,20). The Hall–Kier alpha value is -2.67. The van der Waals surface area contributed by atoms with Gasteiger partial charge in [-0.25, -0.2) is 12.8 Å². The summed E-state index contributed by atoms with van der Waals surface area (Å²) in [5.41, 5.74) is -0.371. The highest BCUT2D eigenvalue weighted by Gasteiger charge is 2.22. The smallest absolute Gasteiger partial charge is 0.211 e. The predicted octanol–water partition coefficient (Wildman–Crippen LogP) is 2.90. The number of rotatable bonds is 4. The van der Waals surface area contributed by atoms with Gasteiger partial charge in [0.25, 0.3) is 0 Å². The molecule has 124 valence electrons. The van der Waals surface area contributed by atoms with Crippen molar-refractivity contribution < 1.29 is 17.5 Å². The first-order valence-corrected chi connectivity index (χ1v) is 8.70. The zero-order valence-corrected chi connectivity index (χ0v) is 13.6. The van der Waals surface area contributed by atoms with E-state index in [2.05, 4.69) is 4.98 Å². The molecule has 0 amide bonds. The summed E-state index contributed by atoms with van der Waals surface area (Å²) in [6.45, 7) is 2.28. The molecule has 3 rings (SSSR count). The van der Waals surface area contributed by atoms with Gasteiger partial charge in [-0.2, -0.15) is 0 Å². The first-order chi connectivity index (χ1) is 11.4. The number of H-pyrrole nitrogens is 1. The summed E-state index contributed by atoms with van der Waals surface area (Å²) in [5, 5.41) is -0.0120. The molecule has 1 N–H and O–H groups in total. The summed E-state index contributed by atoms with van der Waals surface area (Å²) in [4.78, 5) is 14.7. The van der Waals surface area contributed by atoms with Crippen molar-refractivity contribution in [2.75, 3.05) is 6.61 Å². The van der Waals surface area contributed by atoms with Crippen molar-refractivity contribution in [2.24, 2.45) is 0 Å². The molecular weight excluding hydrogens is 333 g/mol. The fourth-order valence-corrected chi connectivity index (χ4v) is 3.70. The van der Waals surface area contributed by atoms with Crippen LogP contribution >= 0.6 is 0 Å². The van der Waals surface area contributed by atoms with Crippen molar-refractivity contribution >= 4 is 20.7 Å². The van der Waals surface area contributed by atoms with E-state index in [-0.39, 0.29) is 10.3 Å². The SMILES string of the molecule is CCOc1ccc(S(=O)(=O)c2c[nH]c3ccc(F)cc3c2=O)cc1. The van der Waals surface area contributed by atoms with Crippen LogP contribution < -0.4 is 10.2 Å². The predicted molar refractivity (Wildman–Crippen MR) is 87.6 cm³/mol. The van der Waals surface area contributed by atoms with E-state index in [1.54, 1.807) is 0 Å². The monoisotopic (exact) mass is 347 g/mol. The second kappa shape index (κ2) is 6.09. The third-order valence-corrected chi connectivity index (χ3v) is 5.32. The Morgan fingerprint density at radius 1 is 1.12 bits per heavy atom. The second-order valence-corrected chi connectivity index (χ2v) is 7.00. The number of hydrogen-bond acceptors (Lipinski definition) is 4. The Morgan fingerprint density at radius 3 is 2.50 bits per heavy atom. The number of sulfone groups is 1. The van der Waals surface area contributed by atoms with E-state index in [9.17, 15) is 17.6 Å². The summed E-state index contributed by atoms with van der Waals surface area (Å²) in [5.74, 6) is -0.0745. The highest BCUT2D eigenvalue weighted by molar-refractivity contribution is 7.91. The van der Waals surface area contributed by atoms with Crippen LogP contribution in [0, 0.1) is 5.82 Å². The average Bonchev–Trinajstić information content (AvgIpc) is 2.56. The maximum atomic E-state index is 13.4. The first-order valence-electron chi connectivity index (χ1n) is 7.22. The molecular formula is C17H14FNO4S. The van der Waals surface area contributed by atoms with E-state index in [0.29, 0.717) is 17.9 Å². The first kappa shape index (κ1) is 16.2. The molecule has 0 aliphatic rings. The van der Waals surface area contributed by atoms with Crippen LogP contribution in [0.15, 0.2) is 63.2 Å². The van der Waals surface area contributed by atoms with Gasteiger partial charge in [-0.1, -0.05) is 0 Å². The van der Waals surface area contributed by atoms with Crippen molar-refractivity contribution in [3.8, 4) is 5.75 Å². The molecule has 0 aliphatic heterocycles. The van der Waals surface area contributed by atoms with Gasteiger partial charge in [0.05, 0.1) is 11.5 Å². The van der Waals surface area contributed by atoms with E-state index in [1.807, 2.05) is 6.92 Å². The van der Waals surface area contributed by atoms with Crippen molar-refractivity contribution in [3.63, 3.8) is 0 Å². The van der Waals surface area contributed by atoms with Crippen LogP contribution in [0.25, 0.3) is 10.9 Å². The Balaban J connectivity index is 2.14. The topological polar surface area (TPSA) is 76.2 Å². The van der Waals surface area contributed by atoms with Gasteiger partial charge in [-0.3, -0.25) is 4.79 Å². The molecule has 2 aromatic carbocycles. The lowest BCUT2D eigenvalue weighted by atomic mass is 10.2. The van der Waals surface area contributed by atoms with Gasteiger partial charge in [0, 0.05) is 17.1 Å². The lowest BCUT2D eigenvalue weighted by Crippen LogP contribution is -2.16. The molecule has 0 saturated heterocycles. The molecule has 0 bridgehead atoms. The molecule has 0 saturated carbocycles. The van der Waals surface area contributed by atoms with Crippen LogP contribution in [0.4, 0.5) is 4.39 Å². The van der Waals surface area contributed by atoms with Crippen LogP contribution in [-0.4, -0.2) is 20.0 Å². The van der Waals surface area contributed by atoms with Crippen LogP contribution in [0.2, 0.25) is 0 Å². The third kappa shape index (κ3) is 2.78. The molecule has 0 radical (unpaired) electrons. The summed E-state index contributed by atoms with van der Waals surface area (Å²) in [6, 6.07) is 9.38. The molecule has 3 aromatic rings. The number of fused-ring (bicyclic) bond motifs is 1. The van der Waals surface area contributed by atoms with Crippen molar-refractivity contribution in [3.05, 3.63) is 64.7 Å². The number of hydrogen-bond donors (Lipinski definition) is 1. The Kier molecular flexibility index (Phi) is 4.11. The van der Waals surface area contributed by atoms with Gasteiger partial charge in [0.2, 0.25) is 15.3 Å². The van der Waals surface area contributed by atoms with E-state index in [1.165, 1.54) is 36.4 Å². The molecule has 1 aromatic heterocycles. The van der Waals surface area contributed by atoms with Crippen molar-refractivity contribution in [1.29, 1.82) is 0 Å². The highest BCUT2D eigenvalue weighted by Crippen LogP contribution is 2.22. The molecule has 0 spiro atoms. The number of benzene rings is 2. The number of ether oxygens (including phenoxy) is 1. The Bertz CT molecular complexity index is 1060. The van der Waals surface area contributed by atoms with Crippen molar-refractivity contribution in [1.82, 2.24) is 4.98 Å². The Morgan fingerprint density at radius 2 is 1.83 bits per heavy atom. The largest absolute Gasteiger partial charge is 0.494 e. The molecule has 7 heteroatoms. The number of aromatic nitrogens is 1. The minimum atomic E-state index is -4.03. The maximum absolute atomic E-state index is 13.4. The van der Waals surface area contributed by atoms with E-state index in [0.717, 1.165) is 12.3 Å². The van der Waals surface area contributed by atoms with Gasteiger partial charge in [0.1, 0.15) is 16.5 Å². The zero-order valence-electron chi connectivity index (χ0n) is 12.7. The number of halogens is 1. The minimum Gasteiger partial charge on any atom is -0.494 e. The van der Waals surface area contributed by atoms with Gasteiger partial charge in [-0.05, 0) is 49.4 Å². The number of pyridine rings is 1. The van der Waals surface area contributed by atoms with Crippen LogP contribution in [0.3, 0.4) is 0 Å². The highest BCUT2D eigenvalue weighted by atomic mass is 32.2. The van der Waals surface area contributed by atoms with Gasteiger partial charge in [0.15, 0.2) is 0 Å². The Labute approximate surface area is 137 Å². The third-order valence-electron chi connectivity index (χ3n) is 3.54. The van der Waals surface area contributed by atoms with Gasteiger partial charge < -0.3 is 9.72 Å². The van der Waals surface area contributed by atoms with E-state index >= 15 is 0 Å². The molecule has 24 heavy (non-hydrogen) atoms. The normalized spacial score (nSPS) is 11.6. The molecule has 0 aliphatic carbocycles. The van der Waals surface area contributed by atoms with Gasteiger partial charge in [-0.15, -0.1) is 0 Å². The lowest BCUT2D eigenvalue weighted by molar-refractivity contribution is 0.340. The molecule has 0 fully saturated rings. The summed E-state index contributed by atoms with van der Waals surface area (Å²) >= 11 is 0. The fraction of sp³-hybridized carbons (Fsp3) is 0.118. The molecule has 0 atom stereocenters. The quantitative estimate of drug-likeness (QED) is 0.787. The zero-order chi connectivity index (χ0) is 17.3. The number of aromatic amines is 1. The van der Waals surface area contributed by atoms with Gasteiger partial charge >= 0.3 is 0 Å². The summed E-state index contributed by atoms with van der Waals surface area (Å²) in [6.07, 6.45) is 1.13. The van der Waals surface area contributed by atoms with Crippen LogP contribution in [-0.2, 0) is 9.84 Å². The molecule has 0 unspecified atom stereocenters. The van der Waals surface area contributed by atoms with Crippen molar-refractivity contribution in [2.45, 2.75) is 16.7 Å².